The van der Waals surface area contributed by atoms with Gasteiger partial charge in [0, 0.05) is 39.3 Å². The van der Waals surface area contributed by atoms with Crippen molar-refractivity contribution in [3.8, 4) is 5.75 Å². The van der Waals surface area contributed by atoms with Crippen molar-refractivity contribution < 1.29 is 9.53 Å². The zero-order valence-corrected chi connectivity index (χ0v) is 18.0. The molecule has 3 heterocycles. The van der Waals surface area contributed by atoms with E-state index in [9.17, 15) is 9.59 Å². The van der Waals surface area contributed by atoms with Crippen LogP contribution in [-0.4, -0.2) is 27.9 Å². The molecule has 0 radical (unpaired) electrons. The number of hydrogen-bond donors (Lipinski definition) is 1. The fraction of sp³-hybridized carbons (Fsp3) is 0.192. The van der Waals surface area contributed by atoms with Gasteiger partial charge in [0.1, 0.15) is 5.75 Å². The lowest BCUT2D eigenvalue weighted by atomic mass is 10.0. The van der Waals surface area contributed by atoms with Gasteiger partial charge in [-0.25, -0.2) is 0 Å². The smallest absolute Gasteiger partial charge is 0.263 e. The van der Waals surface area contributed by atoms with Gasteiger partial charge in [0.05, 0.1) is 16.6 Å². The molecule has 0 aliphatic rings. The quantitative estimate of drug-likeness (QED) is 0.327. The molecule has 0 aliphatic carbocycles. The third kappa shape index (κ3) is 2.99. The van der Waals surface area contributed by atoms with Crippen molar-refractivity contribution in [1.82, 2.24) is 14.7 Å². The van der Waals surface area contributed by atoms with Gasteiger partial charge in [0.15, 0.2) is 6.61 Å². The molecule has 3 aromatic heterocycles. The number of nitrogens with zero attached hydrogens (tertiary/aromatic N) is 2. The molecule has 5 rings (SSSR count). The van der Waals surface area contributed by atoms with E-state index in [0.29, 0.717) is 17.6 Å². The molecule has 160 valence electrons. The number of allylic oxidation sites excluding steroid dienone is 1. The second-order valence-corrected chi connectivity index (χ2v) is 8.18. The number of ether oxygens (including phenoxy) is 1. The predicted molar refractivity (Wildman–Crippen MR) is 128 cm³/mol. The Kier molecular flexibility index (Phi) is 4.78. The molecule has 0 atom stereocenters. The van der Waals surface area contributed by atoms with Crippen LogP contribution in [0.3, 0.4) is 0 Å². The van der Waals surface area contributed by atoms with E-state index >= 15 is 0 Å². The number of fused-ring (bicyclic) bond motifs is 5. The Hall–Kier alpha value is -3.93. The number of hydrogen-bond acceptors (Lipinski definition) is 4. The third-order valence-corrected chi connectivity index (χ3v) is 5.68. The largest absolute Gasteiger partial charge is 0.483 e. The molecule has 1 N–H and O–H groups in total. The van der Waals surface area contributed by atoms with Gasteiger partial charge in [-0.2, -0.15) is 0 Å². The molecule has 2 aromatic carbocycles. The van der Waals surface area contributed by atoms with Gasteiger partial charge in [-0.15, -0.1) is 6.58 Å². The molecule has 0 saturated carbocycles. The lowest BCUT2D eigenvalue weighted by molar-refractivity contribution is -0.123. The van der Waals surface area contributed by atoms with E-state index in [4.69, 9.17) is 4.74 Å². The highest BCUT2D eigenvalue weighted by atomic mass is 16.5. The van der Waals surface area contributed by atoms with Gasteiger partial charge >= 0.3 is 0 Å². The van der Waals surface area contributed by atoms with E-state index in [2.05, 4.69) is 16.9 Å². The topological polar surface area (TPSA) is 72.7 Å². The zero-order chi connectivity index (χ0) is 22.4. The van der Waals surface area contributed by atoms with Crippen LogP contribution in [-0.2, 0) is 11.2 Å². The second kappa shape index (κ2) is 7.64. The lowest BCUT2D eigenvalue weighted by Crippen LogP contribution is -2.34. The summed E-state index contributed by atoms with van der Waals surface area (Å²) < 4.78 is 7.66. The molecule has 1 amide bonds. The number of carbonyl (C=O) groups excluding carboxylic acids is 1. The maximum Gasteiger partial charge on any atom is 0.263 e. The van der Waals surface area contributed by atoms with Crippen molar-refractivity contribution in [3.63, 3.8) is 0 Å². The van der Waals surface area contributed by atoms with Crippen molar-refractivity contribution in [2.45, 2.75) is 26.3 Å². The minimum Gasteiger partial charge on any atom is -0.483 e. The molecular weight excluding hydrogens is 402 g/mol. The van der Waals surface area contributed by atoms with Crippen molar-refractivity contribution in [2.75, 3.05) is 6.61 Å². The van der Waals surface area contributed by atoms with Crippen molar-refractivity contribution in [1.29, 1.82) is 0 Å². The average molecular weight is 425 g/mol. The number of nitrogens with one attached hydrogen (secondary N) is 1. The van der Waals surface area contributed by atoms with Crippen LogP contribution in [0.1, 0.15) is 19.4 Å². The molecule has 0 saturated heterocycles. The van der Waals surface area contributed by atoms with Gasteiger partial charge in [-0.05, 0) is 44.5 Å². The molecule has 0 fully saturated rings. The molecule has 5 aromatic rings. The third-order valence-electron chi connectivity index (χ3n) is 5.68. The Bertz CT molecular complexity index is 1570. The van der Waals surface area contributed by atoms with Crippen LogP contribution in [0.5, 0.6) is 5.75 Å². The fourth-order valence-electron chi connectivity index (χ4n) is 4.50. The fourth-order valence-corrected chi connectivity index (χ4v) is 4.50. The lowest BCUT2D eigenvalue weighted by Gasteiger charge is -2.13. The molecule has 6 nitrogen and oxygen atoms in total. The molecule has 32 heavy (non-hydrogen) atoms. The first-order chi connectivity index (χ1) is 15.5. The Morgan fingerprint density at radius 1 is 1.16 bits per heavy atom. The van der Waals surface area contributed by atoms with Gasteiger partial charge in [-0.1, -0.05) is 24.3 Å². The summed E-state index contributed by atoms with van der Waals surface area (Å²) in [6, 6.07) is 13.2. The van der Waals surface area contributed by atoms with Crippen molar-refractivity contribution >= 4 is 44.0 Å². The predicted octanol–water partition coefficient (Wildman–Crippen LogP) is 4.22. The van der Waals surface area contributed by atoms with Crippen LogP contribution in [0.2, 0.25) is 0 Å². The molecule has 0 unspecified atom stereocenters. The summed E-state index contributed by atoms with van der Waals surface area (Å²) >= 11 is 0. The zero-order valence-electron chi connectivity index (χ0n) is 18.0. The number of benzene rings is 2. The summed E-state index contributed by atoms with van der Waals surface area (Å²) in [6.07, 6.45) is 4.11. The molecule has 6 heteroatoms. The summed E-state index contributed by atoms with van der Waals surface area (Å²) in [5, 5.41) is 6.16. The summed E-state index contributed by atoms with van der Waals surface area (Å²) in [7, 11) is 0. The standard InChI is InChI=1S/C26H23N3O3/c1-4-7-18-21(32-14-22(30)28-15(2)3)11-10-20-23(18)19-12-13-27-24-16-8-5-6-9-17(16)26(31)29(20)25(19)24/h4-6,8-13,15H,1,7,14H2,2-3H3,(H,28,30). The number of rotatable bonds is 6. The Balaban J connectivity index is 1.81. The summed E-state index contributed by atoms with van der Waals surface area (Å²) in [4.78, 5) is 30.2. The van der Waals surface area contributed by atoms with Crippen LogP contribution in [0.15, 0.2) is 66.1 Å². The first-order valence-electron chi connectivity index (χ1n) is 10.6. The molecule has 0 aliphatic heterocycles. The van der Waals surface area contributed by atoms with Gasteiger partial charge < -0.3 is 10.1 Å². The van der Waals surface area contributed by atoms with Crippen LogP contribution in [0, 0.1) is 0 Å². The van der Waals surface area contributed by atoms with Crippen LogP contribution >= 0.6 is 0 Å². The Morgan fingerprint density at radius 3 is 2.69 bits per heavy atom. The van der Waals surface area contributed by atoms with Crippen LogP contribution in [0.25, 0.3) is 38.1 Å². The van der Waals surface area contributed by atoms with Crippen molar-refractivity contribution in [3.05, 3.63) is 77.2 Å². The molecular formula is C26H23N3O3. The second-order valence-electron chi connectivity index (χ2n) is 8.18. The first kappa shape index (κ1) is 20.0. The number of aromatic nitrogens is 2. The van der Waals surface area contributed by atoms with E-state index in [1.807, 2.05) is 56.3 Å². The van der Waals surface area contributed by atoms with E-state index in [1.54, 1.807) is 16.7 Å². The van der Waals surface area contributed by atoms with Crippen LogP contribution < -0.4 is 15.6 Å². The number of pyridine rings is 2. The number of amides is 1. The maximum absolute atomic E-state index is 13.5. The summed E-state index contributed by atoms with van der Waals surface area (Å²) in [5.41, 5.74) is 3.21. The highest BCUT2D eigenvalue weighted by Crippen LogP contribution is 2.38. The number of carbonyl (C=O) groups is 1. The van der Waals surface area contributed by atoms with Crippen LogP contribution in [0.4, 0.5) is 0 Å². The van der Waals surface area contributed by atoms with Crippen molar-refractivity contribution in [2.24, 2.45) is 0 Å². The first-order valence-corrected chi connectivity index (χ1v) is 10.6. The SMILES string of the molecule is C=CCc1c(OCC(=O)NC(C)C)ccc2c1c1ccnc3c4ccccc4c(=O)n2c13. The van der Waals surface area contributed by atoms with Gasteiger partial charge in [-0.3, -0.25) is 19.0 Å². The molecule has 0 spiro atoms. The van der Waals surface area contributed by atoms with E-state index in [-0.39, 0.29) is 24.1 Å². The minimum absolute atomic E-state index is 0.0411. The Labute approximate surface area is 184 Å². The van der Waals surface area contributed by atoms with E-state index in [0.717, 1.165) is 38.3 Å². The van der Waals surface area contributed by atoms with Gasteiger partial charge in [0.2, 0.25) is 0 Å². The highest BCUT2D eigenvalue weighted by molar-refractivity contribution is 6.19. The average Bonchev–Trinajstić information content (AvgIpc) is 3.12. The summed E-state index contributed by atoms with van der Waals surface area (Å²) in [6.45, 7) is 7.64. The molecule has 0 bridgehead atoms. The van der Waals surface area contributed by atoms with E-state index in [1.165, 1.54) is 0 Å². The normalized spacial score (nSPS) is 11.7. The minimum atomic E-state index is -0.179. The monoisotopic (exact) mass is 425 g/mol. The maximum atomic E-state index is 13.5. The highest BCUT2D eigenvalue weighted by Gasteiger charge is 2.21. The van der Waals surface area contributed by atoms with Gasteiger partial charge in [0.25, 0.3) is 11.5 Å². The van der Waals surface area contributed by atoms with E-state index < -0.39 is 0 Å². The Morgan fingerprint density at radius 2 is 1.94 bits per heavy atom. The summed E-state index contributed by atoms with van der Waals surface area (Å²) in [5.74, 6) is 0.431.